The topological polar surface area (TPSA) is 52.9 Å². The maximum atomic E-state index is 11.1. The Bertz CT molecular complexity index is 215. The lowest BCUT2D eigenvalue weighted by atomic mass is 10.1. The molecule has 1 N–H and O–H groups in total. The highest BCUT2D eigenvalue weighted by molar-refractivity contribution is 5.82. The van der Waals surface area contributed by atoms with E-state index >= 15 is 0 Å². The minimum atomic E-state index is 0.0246. The number of hydrogen-bond acceptors (Lipinski definition) is 2. The van der Waals surface area contributed by atoms with Crippen LogP contribution in [-0.2, 0) is 4.79 Å². The quantitative estimate of drug-likeness (QED) is 0.591. The number of amides is 1. The molecule has 3 heteroatoms. The molecule has 1 amide bonds. The van der Waals surface area contributed by atoms with Crippen LogP contribution in [0.25, 0.3) is 0 Å². The van der Waals surface area contributed by atoms with Crippen molar-refractivity contribution in [1.82, 2.24) is 5.32 Å². The van der Waals surface area contributed by atoms with E-state index in [0.717, 1.165) is 6.42 Å². The summed E-state index contributed by atoms with van der Waals surface area (Å²) in [6.07, 6.45) is 0.949. The molecule has 0 aliphatic heterocycles. The molecule has 0 aromatic heterocycles. The Kier molecular flexibility index (Phi) is 1.86. The van der Waals surface area contributed by atoms with E-state index in [1.165, 1.54) is 0 Å². The minimum absolute atomic E-state index is 0.0246. The smallest absolute Gasteiger partial charge is 0.224 e. The number of carbonyl (C=O) groups is 1. The van der Waals surface area contributed by atoms with Crippen LogP contribution in [0.4, 0.5) is 0 Å². The van der Waals surface area contributed by atoms with E-state index in [-0.39, 0.29) is 23.8 Å². The van der Waals surface area contributed by atoms with Crippen LogP contribution in [0, 0.1) is 22.7 Å². The summed E-state index contributed by atoms with van der Waals surface area (Å²) in [6, 6.07) is 1.88. The predicted molar refractivity (Wildman–Crippen MR) is 40.5 cm³/mol. The fraction of sp³-hybridized carbons (Fsp3) is 0.750. The molecule has 1 rings (SSSR count). The highest BCUT2D eigenvalue weighted by Crippen LogP contribution is 2.51. The van der Waals surface area contributed by atoms with Gasteiger partial charge >= 0.3 is 0 Å². The molecule has 0 heterocycles. The summed E-state index contributed by atoms with van der Waals surface area (Å²) in [6.45, 7) is 4.25. The van der Waals surface area contributed by atoms with E-state index in [9.17, 15) is 4.79 Å². The SMILES string of the molecule is CC1(C)CC1C(=O)NCC#N. The lowest BCUT2D eigenvalue weighted by Crippen LogP contribution is -2.26. The van der Waals surface area contributed by atoms with E-state index < -0.39 is 0 Å². The van der Waals surface area contributed by atoms with Crippen molar-refractivity contribution < 1.29 is 4.79 Å². The van der Waals surface area contributed by atoms with Gasteiger partial charge in [0, 0.05) is 5.92 Å². The Hall–Kier alpha value is -1.04. The zero-order valence-electron chi connectivity index (χ0n) is 6.85. The van der Waals surface area contributed by atoms with Crippen molar-refractivity contribution in [3.8, 4) is 6.07 Å². The predicted octanol–water partition coefficient (Wildman–Crippen LogP) is 0.672. The molecule has 0 bridgehead atoms. The van der Waals surface area contributed by atoms with Crippen molar-refractivity contribution in [2.45, 2.75) is 20.3 Å². The normalized spacial score (nSPS) is 25.4. The first-order chi connectivity index (χ1) is 5.08. The molecule has 0 saturated heterocycles. The Morgan fingerprint density at radius 2 is 2.36 bits per heavy atom. The van der Waals surface area contributed by atoms with Gasteiger partial charge in [0.05, 0.1) is 6.07 Å². The van der Waals surface area contributed by atoms with Crippen LogP contribution in [0.15, 0.2) is 0 Å². The molecular formula is C8H12N2O. The van der Waals surface area contributed by atoms with Gasteiger partial charge in [-0.05, 0) is 11.8 Å². The first-order valence-corrected chi connectivity index (χ1v) is 3.72. The van der Waals surface area contributed by atoms with Crippen molar-refractivity contribution in [3.63, 3.8) is 0 Å². The number of nitrogens with one attached hydrogen (secondary N) is 1. The number of nitriles is 1. The molecular weight excluding hydrogens is 140 g/mol. The summed E-state index contributed by atoms with van der Waals surface area (Å²) < 4.78 is 0. The molecule has 1 aliphatic rings. The highest BCUT2D eigenvalue weighted by Gasteiger charge is 2.50. The van der Waals surface area contributed by atoms with Crippen molar-refractivity contribution in [1.29, 1.82) is 5.26 Å². The van der Waals surface area contributed by atoms with Crippen LogP contribution in [0.1, 0.15) is 20.3 Å². The van der Waals surface area contributed by atoms with Gasteiger partial charge in [0.25, 0.3) is 0 Å². The monoisotopic (exact) mass is 152 g/mol. The fourth-order valence-corrected chi connectivity index (χ4v) is 1.16. The molecule has 1 unspecified atom stereocenters. The van der Waals surface area contributed by atoms with E-state index in [1.807, 2.05) is 6.07 Å². The van der Waals surface area contributed by atoms with Crippen molar-refractivity contribution >= 4 is 5.91 Å². The van der Waals surface area contributed by atoms with Gasteiger partial charge in [-0.1, -0.05) is 13.8 Å². The molecule has 60 valence electrons. The number of hydrogen-bond donors (Lipinski definition) is 1. The molecule has 1 fully saturated rings. The summed E-state index contributed by atoms with van der Waals surface area (Å²) in [7, 11) is 0. The van der Waals surface area contributed by atoms with Crippen LogP contribution in [0.5, 0.6) is 0 Å². The molecule has 3 nitrogen and oxygen atoms in total. The van der Waals surface area contributed by atoms with E-state index in [2.05, 4.69) is 19.2 Å². The van der Waals surface area contributed by atoms with Crippen LogP contribution >= 0.6 is 0 Å². The number of rotatable bonds is 2. The van der Waals surface area contributed by atoms with Crippen molar-refractivity contribution in [3.05, 3.63) is 0 Å². The first-order valence-electron chi connectivity index (χ1n) is 3.72. The second-order valence-electron chi connectivity index (χ2n) is 3.62. The Morgan fingerprint density at radius 1 is 1.82 bits per heavy atom. The zero-order valence-corrected chi connectivity index (χ0v) is 6.85. The third-order valence-corrected chi connectivity index (χ3v) is 2.17. The van der Waals surface area contributed by atoms with Gasteiger partial charge in [-0.2, -0.15) is 5.26 Å². The maximum absolute atomic E-state index is 11.1. The summed E-state index contributed by atoms with van der Waals surface area (Å²) >= 11 is 0. The molecule has 11 heavy (non-hydrogen) atoms. The Labute approximate surface area is 66.4 Å². The van der Waals surface area contributed by atoms with Crippen LogP contribution in [0.2, 0.25) is 0 Å². The third-order valence-electron chi connectivity index (χ3n) is 2.17. The lowest BCUT2D eigenvalue weighted by Gasteiger charge is -2.01. The van der Waals surface area contributed by atoms with Crippen molar-refractivity contribution in [2.24, 2.45) is 11.3 Å². The van der Waals surface area contributed by atoms with Gasteiger partial charge in [-0.3, -0.25) is 4.79 Å². The standard InChI is InChI=1S/C8H12N2O/c1-8(2)5-6(8)7(11)10-4-3-9/h6H,4-5H2,1-2H3,(H,10,11). The first kappa shape index (κ1) is 8.06. The van der Waals surface area contributed by atoms with Gasteiger partial charge in [-0.15, -0.1) is 0 Å². The average molecular weight is 152 g/mol. The average Bonchev–Trinajstić information content (AvgIpc) is 2.55. The van der Waals surface area contributed by atoms with Gasteiger partial charge < -0.3 is 5.32 Å². The van der Waals surface area contributed by atoms with Crippen LogP contribution < -0.4 is 5.32 Å². The Balaban J connectivity index is 2.30. The van der Waals surface area contributed by atoms with E-state index in [0.29, 0.717) is 0 Å². The second kappa shape index (κ2) is 2.54. The van der Waals surface area contributed by atoms with E-state index in [1.54, 1.807) is 0 Å². The van der Waals surface area contributed by atoms with Crippen molar-refractivity contribution in [2.75, 3.05) is 6.54 Å². The van der Waals surface area contributed by atoms with Crippen LogP contribution in [0.3, 0.4) is 0 Å². The van der Waals surface area contributed by atoms with Gasteiger partial charge in [0.15, 0.2) is 0 Å². The summed E-state index contributed by atoms with van der Waals surface area (Å²) in [5.74, 6) is 0.160. The molecule has 0 aromatic rings. The summed E-state index contributed by atoms with van der Waals surface area (Å²) in [5.41, 5.74) is 0.166. The maximum Gasteiger partial charge on any atom is 0.224 e. The van der Waals surface area contributed by atoms with Gasteiger partial charge in [0.1, 0.15) is 6.54 Å². The summed E-state index contributed by atoms with van der Waals surface area (Å²) in [5, 5.41) is 10.7. The minimum Gasteiger partial charge on any atom is -0.343 e. The fourth-order valence-electron chi connectivity index (χ4n) is 1.16. The molecule has 0 radical (unpaired) electrons. The number of nitrogens with zero attached hydrogens (tertiary/aromatic N) is 1. The molecule has 1 saturated carbocycles. The molecule has 0 aromatic carbocycles. The molecule has 1 atom stereocenters. The van der Waals surface area contributed by atoms with Gasteiger partial charge in [-0.25, -0.2) is 0 Å². The second-order valence-corrected chi connectivity index (χ2v) is 3.62. The molecule has 0 spiro atoms. The zero-order chi connectivity index (χ0) is 8.48. The molecule has 1 aliphatic carbocycles. The Morgan fingerprint density at radius 3 is 2.73 bits per heavy atom. The largest absolute Gasteiger partial charge is 0.343 e. The van der Waals surface area contributed by atoms with Gasteiger partial charge in [0.2, 0.25) is 5.91 Å². The lowest BCUT2D eigenvalue weighted by molar-refractivity contribution is -0.122. The third kappa shape index (κ3) is 1.70. The summed E-state index contributed by atoms with van der Waals surface area (Å²) in [4.78, 5) is 11.1. The van der Waals surface area contributed by atoms with Crippen LogP contribution in [-0.4, -0.2) is 12.5 Å². The number of carbonyl (C=O) groups excluding carboxylic acids is 1. The highest BCUT2D eigenvalue weighted by atomic mass is 16.2. The van der Waals surface area contributed by atoms with E-state index in [4.69, 9.17) is 5.26 Å².